The molecule has 2 nitrogen and oxygen atoms in total. The van der Waals surface area contributed by atoms with Crippen molar-refractivity contribution in [1.82, 2.24) is 4.98 Å². The van der Waals surface area contributed by atoms with Gasteiger partial charge in [-0.15, -0.1) is 11.8 Å². The Balaban J connectivity index is 2.37. The number of hydrogen-bond donors (Lipinski definition) is 1. The van der Waals surface area contributed by atoms with Crippen molar-refractivity contribution in [3.05, 3.63) is 59.9 Å². The maximum absolute atomic E-state index is 10.2. The lowest BCUT2D eigenvalue weighted by Gasteiger charge is -2.13. The highest BCUT2D eigenvalue weighted by Crippen LogP contribution is 2.28. The monoisotopic (exact) mass is 231 g/mol. The Morgan fingerprint density at radius 1 is 1.12 bits per heavy atom. The summed E-state index contributed by atoms with van der Waals surface area (Å²) in [6, 6.07) is 13.4. The first kappa shape index (κ1) is 11.2. The molecule has 0 saturated heterocycles. The Hall–Kier alpha value is -1.32. The summed E-state index contributed by atoms with van der Waals surface area (Å²) in [6.07, 6.45) is 3.05. The fraction of sp³-hybridized carbons (Fsp3) is 0.154. The normalized spacial score (nSPS) is 12.4. The maximum Gasteiger partial charge on any atom is 0.122 e. The molecule has 0 radical (unpaired) electrons. The molecule has 2 aromatic rings. The van der Waals surface area contributed by atoms with Crippen molar-refractivity contribution < 1.29 is 5.11 Å². The topological polar surface area (TPSA) is 33.1 Å². The third-order valence-electron chi connectivity index (χ3n) is 2.40. The molecule has 0 spiro atoms. The van der Waals surface area contributed by atoms with E-state index in [2.05, 4.69) is 4.98 Å². The average molecular weight is 231 g/mol. The lowest BCUT2D eigenvalue weighted by Crippen LogP contribution is -2.03. The zero-order valence-electron chi connectivity index (χ0n) is 9.00. The van der Waals surface area contributed by atoms with E-state index in [9.17, 15) is 5.11 Å². The molecule has 16 heavy (non-hydrogen) atoms. The first-order valence-corrected chi connectivity index (χ1v) is 6.27. The largest absolute Gasteiger partial charge is 0.382 e. The number of aliphatic hydroxyl groups is 1. The summed E-state index contributed by atoms with van der Waals surface area (Å²) in [4.78, 5) is 5.26. The summed E-state index contributed by atoms with van der Waals surface area (Å²) in [6.45, 7) is 0. The number of pyridine rings is 1. The summed E-state index contributed by atoms with van der Waals surface area (Å²) in [5, 5.41) is 10.2. The van der Waals surface area contributed by atoms with Crippen LogP contribution in [0.15, 0.2) is 53.6 Å². The number of aliphatic hydroxyl groups excluding tert-OH is 1. The second-order valence-electron chi connectivity index (χ2n) is 3.40. The van der Waals surface area contributed by atoms with Crippen LogP contribution in [0.2, 0.25) is 0 Å². The molecule has 3 heteroatoms. The fourth-order valence-corrected chi connectivity index (χ4v) is 2.22. The van der Waals surface area contributed by atoms with E-state index < -0.39 is 6.10 Å². The van der Waals surface area contributed by atoms with Crippen LogP contribution in [0.4, 0.5) is 0 Å². The molecule has 0 amide bonds. The average Bonchev–Trinajstić information content (AvgIpc) is 2.39. The lowest BCUT2D eigenvalue weighted by molar-refractivity contribution is 0.212. The van der Waals surface area contributed by atoms with E-state index in [1.807, 2.05) is 48.7 Å². The van der Waals surface area contributed by atoms with Gasteiger partial charge in [0.05, 0.1) is 5.69 Å². The van der Waals surface area contributed by atoms with Gasteiger partial charge in [0.15, 0.2) is 0 Å². The summed E-state index contributed by atoms with van der Waals surface area (Å²) in [5.41, 5.74) is 1.60. The molecule has 1 aromatic carbocycles. The van der Waals surface area contributed by atoms with Crippen LogP contribution in [-0.4, -0.2) is 16.3 Å². The van der Waals surface area contributed by atoms with Crippen molar-refractivity contribution in [2.24, 2.45) is 0 Å². The molecule has 0 fully saturated rings. The van der Waals surface area contributed by atoms with E-state index in [0.717, 1.165) is 10.5 Å². The van der Waals surface area contributed by atoms with Crippen molar-refractivity contribution in [2.45, 2.75) is 11.0 Å². The summed E-state index contributed by atoms with van der Waals surface area (Å²) in [5.74, 6) is 0. The highest BCUT2D eigenvalue weighted by Gasteiger charge is 2.14. The molecule has 0 aliphatic heterocycles. The van der Waals surface area contributed by atoms with Gasteiger partial charge < -0.3 is 5.11 Å². The molecule has 2 rings (SSSR count). The van der Waals surface area contributed by atoms with Crippen molar-refractivity contribution in [3.8, 4) is 0 Å². The number of benzene rings is 1. The second-order valence-corrected chi connectivity index (χ2v) is 4.25. The van der Waals surface area contributed by atoms with Crippen molar-refractivity contribution >= 4 is 11.8 Å². The SMILES string of the molecule is CSc1ccccc1C(O)c1ccccn1. The Labute approximate surface area is 99.4 Å². The summed E-state index contributed by atoms with van der Waals surface area (Å²) < 4.78 is 0. The van der Waals surface area contributed by atoms with Crippen LogP contribution in [0.1, 0.15) is 17.4 Å². The van der Waals surface area contributed by atoms with Gasteiger partial charge in [0.1, 0.15) is 6.10 Å². The predicted octanol–water partition coefficient (Wildman–Crippen LogP) is 2.89. The van der Waals surface area contributed by atoms with Gasteiger partial charge in [-0.25, -0.2) is 0 Å². The molecule has 0 aliphatic carbocycles. The lowest BCUT2D eigenvalue weighted by atomic mass is 10.1. The minimum atomic E-state index is -0.648. The quantitative estimate of drug-likeness (QED) is 0.824. The van der Waals surface area contributed by atoms with Gasteiger partial charge in [-0.3, -0.25) is 4.98 Å². The standard InChI is InChI=1S/C13H13NOS/c1-16-12-8-3-2-6-10(12)13(15)11-7-4-5-9-14-11/h2-9,13,15H,1H3. The molecule has 1 unspecified atom stereocenters. The van der Waals surface area contributed by atoms with E-state index >= 15 is 0 Å². The van der Waals surface area contributed by atoms with Gasteiger partial charge in [0.2, 0.25) is 0 Å². The molecule has 1 heterocycles. The number of hydrogen-bond acceptors (Lipinski definition) is 3. The number of aromatic nitrogens is 1. The van der Waals surface area contributed by atoms with Crippen LogP contribution in [-0.2, 0) is 0 Å². The number of rotatable bonds is 3. The Morgan fingerprint density at radius 3 is 2.56 bits per heavy atom. The summed E-state index contributed by atoms with van der Waals surface area (Å²) >= 11 is 1.63. The van der Waals surface area contributed by atoms with Crippen LogP contribution in [0.25, 0.3) is 0 Å². The molecule has 82 valence electrons. The van der Waals surface area contributed by atoms with Gasteiger partial charge in [0.25, 0.3) is 0 Å². The van der Waals surface area contributed by atoms with E-state index in [0.29, 0.717) is 5.69 Å². The molecule has 0 saturated carbocycles. The maximum atomic E-state index is 10.2. The molecule has 1 atom stereocenters. The molecule has 0 aliphatic rings. The van der Waals surface area contributed by atoms with Crippen LogP contribution in [0.3, 0.4) is 0 Å². The van der Waals surface area contributed by atoms with Crippen LogP contribution < -0.4 is 0 Å². The third-order valence-corrected chi connectivity index (χ3v) is 3.21. The van der Waals surface area contributed by atoms with Crippen LogP contribution >= 0.6 is 11.8 Å². The smallest absolute Gasteiger partial charge is 0.122 e. The van der Waals surface area contributed by atoms with Crippen LogP contribution in [0.5, 0.6) is 0 Å². The number of nitrogens with zero attached hydrogens (tertiary/aromatic N) is 1. The third kappa shape index (κ3) is 2.26. The molecule has 1 N–H and O–H groups in total. The van der Waals surface area contributed by atoms with E-state index in [-0.39, 0.29) is 0 Å². The van der Waals surface area contributed by atoms with Crippen molar-refractivity contribution in [2.75, 3.05) is 6.26 Å². The van der Waals surface area contributed by atoms with Crippen LogP contribution in [0, 0.1) is 0 Å². The van der Waals surface area contributed by atoms with E-state index in [1.54, 1.807) is 18.0 Å². The van der Waals surface area contributed by atoms with Gasteiger partial charge >= 0.3 is 0 Å². The van der Waals surface area contributed by atoms with Gasteiger partial charge in [-0.2, -0.15) is 0 Å². The highest BCUT2D eigenvalue weighted by molar-refractivity contribution is 7.98. The van der Waals surface area contributed by atoms with Gasteiger partial charge in [-0.1, -0.05) is 24.3 Å². The van der Waals surface area contributed by atoms with Crippen molar-refractivity contribution in [1.29, 1.82) is 0 Å². The second kappa shape index (κ2) is 5.14. The Bertz CT molecular complexity index is 458. The highest BCUT2D eigenvalue weighted by atomic mass is 32.2. The van der Waals surface area contributed by atoms with Gasteiger partial charge in [0, 0.05) is 16.7 Å². The summed E-state index contributed by atoms with van der Waals surface area (Å²) in [7, 11) is 0. The van der Waals surface area contributed by atoms with Crippen molar-refractivity contribution in [3.63, 3.8) is 0 Å². The van der Waals surface area contributed by atoms with Gasteiger partial charge in [-0.05, 0) is 24.5 Å². The molecule has 0 bridgehead atoms. The fourth-order valence-electron chi connectivity index (χ4n) is 1.59. The minimum Gasteiger partial charge on any atom is -0.382 e. The molecular weight excluding hydrogens is 218 g/mol. The first-order chi connectivity index (χ1) is 7.83. The zero-order chi connectivity index (χ0) is 11.4. The molecule has 1 aromatic heterocycles. The number of thioether (sulfide) groups is 1. The Morgan fingerprint density at radius 2 is 1.88 bits per heavy atom. The first-order valence-electron chi connectivity index (χ1n) is 5.05. The Kier molecular flexibility index (Phi) is 3.59. The van der Waals surface area contributed by atoms with E-state index in [1.165, 1.54) is 0 Å². The minimum absolute atomic E-state index is 0.648. The van der Waals surface area contributed by atoms with E-state index in [4.69, 9.17) is 0 Å². The predicted molar refractivity (Wildman–Crippen MR) is 66.5 cm³/mol. The molecular formula is C13H13NOS. The zero-order valence-corrected chi connectivity index (χ0v) is 9.82.